The Hall–Kier alpha value is -1.03. The molecule has 0 N–H and O–H groups in total. The molecular formula is C8H6ClF2NO. The average Bonchev–Trinajstić information content (AvgIpc) is 2.16. The van der Waals surface area contributed by atoms with Crippen molar-refractivity contribution in [2.45, 2.75) is 12.3 Å². The van der Waals surface area contributed by atoms with Crippen LogP contribution in [0.15, 0.2) is 12.1 Å². The summed E-state index contributed by atoms with van der Waals surface area (Å²) >= 11 is 5.41. The summed E-state index contributed by atoms with van der Waals surface area (Å²) in [5.74, 6) is 0.0153. The lowest BCUT2D eigenvalue weighted by Crippen LogP contribution is -1.96. The second-order valence-corrected chi connectivity index (χ2v) is 2.64. The number of aromatic nitrogens is 1. The molecule has 0 unspecified atom stereocenters. The van der Waals surface area contributed by atoms with Crippen molar-refractivity contribution in [1.29, 1.82) is 0 Å². The highest BCUT2D eigenvalue weighted by Crippen LogP contribution is 2.20. The standard InChI is InChI=1S/C8H6ClF2NO/c9-3-6-1-5(8(10)11)2-7(4-13)12-6/h1-2,4,8H,3H2. The molecule has 0 aliphatic rings. The number of carbonyl (C=O) groups excluding carboxylic acids is 1. The lowest BCUT2D eigenvalue weighted by Gasteiger charge is -2.02. The van der Waals surface area contributed by atoms with Crippen LogP contribution in [0.25, 0.3) is 0 Å². The minimum Gasteiger partial charge on any atom is -0.296 e. The number of rotatable bonds is 3. The maximum absolute atomic E-state index is 12.2. The van der Waals surface area contributed by atoms with Gasteiger partial charge >= 0.3 is 0 Å². The fraction of sp³-hybridized carbons (Fsp3) is 0.250. The number of carbonyl (C=O) groups is 1. The van der Waals surface area contributed by atoms with E-state index >= 15 is 0 Å². The van der Waals surface area contributed by atoms with Crippen molar-refractivity contribution in [2.75, 3.05) is 0 Å². The Morgan fingerprint density at radius 3 is 2.69 bits per heavy atom. The molecule has 0 saturated carbocycles. The molecule has 0 aromatic carbocycles. The van der Waals surface area contributed by atoms with Crippen LogP contribution in [0.5, 0.6) is 0 Å². The van der Waals surface area contributed by atoms with Gasteiger partial charge in [-0.1, -0.05) is 0 Å². The van der Waals surface area contributed by atoms with Crippen LogP contribution in [0.1, 0.15) is 28.2 Å². The zero-order chi connectivity index (χ0) is 9.84. The Morgan fingerprint density at radius 2 is 2.23 bits per heavy atom. The fourth-order valence-corrected chi connectivity index (χ4v) is 1.03. The molecule has 1 aromatic heterocycles. The van der Waals surface area contributed by atoms with E-state index in [2.05, 4.69) is 4.98 Å². The first kappa shape index (κ1) is 10.1. The predicted octanol–water partition coefficient (Wildman–Crippen LogP) is 2.57. The Morgan fingerprint density at radius 1 is 1.54 bits per heavy atom. The third-order valence-electron chi connectivity index (χ3n) is 1.43. The van der Waals surface area contributed by atoms with E-state index in [9.17, 15) is 13.6 Å². The highest BCUT2D eigenvalue weighted by Gasteiger charge is 2.10. The van der Waals surface area contributed by atoms with Gasteiger partial charge < -0.3 is 0 Å². The minimum absolute atomic E-state index is 0.0153. The van der Waals surface area contributed by atoms with Gasteiger partial charge in [-0.25, -0.2) is 13.8 Å². The van der Waals surface area contributed by atoms with E-state index in [0.29, 0.717) is 6.29 Å². The van der Waals surface area contributed by atoms with Crippen LogP contribution in [-0.4, -0.2) is 11.3 Å². The second-order valence-electron chi connectivity index (χ2n) is 2.37. The molecule has 0 aliphatic carbocycles. The zero-order valence-corrected chi connectivity index (χ0v) is 7.26. The van der Waals surface area contributed by atoms with Crippen molar-refractivity contribution in [3.63, 3.8) is 0 Å². The summed E-state index contributed by atoms with van der Waals surface area (Å²) in [6.45, 7) is 0. The number of pyridine rings is 1. The molecule has 5 heteroatoms. The van der Waals surface area contributed by atoms with Gasteiger partial charge in [-0.05, 0) is 12.1 Å². The first-order chi connectivity index (χ1) is 6.17. The van der Waals surface area contributed by atoms with Crippen LogP contribution in [0.2, 0.25) is 0 Å². The molecule has 13 heavy (non-hydrogen) atoms. The SMILES string of the molecule is O=Cc1cc(C(F)F)cc(CCl)n1. The third-order valence-corrected chi connectivity index (χ3v) is 1.70. The number of alkyl halides is 3. The average molecular weight is 206 g/mol. The monoisotopic (exact) mass is 205 g/mol. The van der Waals surface area contributed by atoms with E-state index in [1.807, 2.05) is 0 Å². The van der Waals surface area contributed by atoms with Crippen molar-refractivity contribution < 1.29 is 13.6 Å². The Bertz CT molecular complexity index is 317. The normalized spacial score (nSPS) is 10.5. The maximum Gasteiger partial charge on any atom is 0.263 e. The van der Waals surface area contributed by atoms with Gasteiger partial charge in [0.1, 0.15) is 5.69 Å². The molecule has 0 aliphatic heterocycles. The minimum atomic E-state index is -2.61. The summed E-state index contributed by atoms with van der Waals surface area (Å²) in [6.07, 6.45) is -2.19. The number of hydrogen-bond donors (Lipinski definition) is 0. The number of aldehydes is 1. The molecule has 0 radical (unpaired) electrons. The van der Waals surface area contributed by atoms with Gasteiger partial charge in [0.15, 0.2) is 6.29 Å². The summed E-state index contributed by atoms with van der Waals surface area (Å²) in [5.41, 5.74) is 0.0303. The summed E-state index contributed by atoms with van der Waals surface area (Å²) in [5, 5.41) is 0. The molecule has 0 spiro atoms. The highest BCUT2D eigenvalue weighted by molar-refractivity contribution is 6.16. The summed E-state index contributed by atoms with van der Waals surface area (Å²) in [7, 11) is 0. The molecule has 0 amide bonds. The van der Waals surface area contributed by atoms with Gasteiger partial charge in [-0.2, -0.15) is 0 Å². The largest absolute Gasteiger partial charge is 0.296 e. The first-order valence-electron chi connectivity index (χ1n) is 3.47. The Kier molecular flexibility index (Phi) is 3.31. The molecule has 1 rings (SSSR count). The number of hydrogen-bond acceptors (Lipinski definition) is 2. The molecule has 0 saturated heterocycles. The van der Waals surface area contributed by atoms with Gasteiger partial charge in [-0.15, -0.1) is 11.6 Å². The van der Waals surface area contributed by atoms with E-state index < -0.39 is 6.43 Å². The van der Waals surface area contributed by atoms with E-state index in [1.165, 1.54) is 6.07 Å². The summed E-state index contributed by atoms with van der Waals surface area (Å²) < 4.78 is 24.4. The van der Waals surface area contributed by atoms with Crippen LogP contribution in [-0.2, 0) is 5.88 Å². The van der Waals surface area contributed by atoms with Crippen molar-refractivity contribution in [3.8, 4) is 0 Å². The van der Waals surface area contributed by atoms with E-state index in [4.69, 9.17) is 11.6 Å². The van der Waals surface area contributed by atoms with Crippen LogP contribution in [0.4, 0.5) is 8.78 Å². The van der Waals surface area contributed by atoms with Gasteiger partial charge in [-0.3, -0.25) is 4.79 Å². The molecule has 2 nitrogen and oxygen atoms in total. The molecule has 1 heterocycles. The molecular weight excluding hydrogens is 200 g/mol. The molecule has 1 aromatic rings. The van der Waals surface area contributed by atoms with Crippen LogP contribution in [0, 0.1) is 0 Å². The van der Waals surface area contributed by atoms with Crippen molar-refractivity contribution in [2.24, 2.45) is 0 Å². The first-order valence-corrected chi connectivity index (χ1v) is 4.01. The highest BCUT2D eigenvalue weighted by atomic mass is 35.5. The number of halogens is 3. The summed E-state index contributed by atoms with van der Waals surface area (Å²) in [6, 6.07) is 2.23. The van der Waals surface area contributed by atoms with Crippen LogP contribution in [0.3, 0.4) is 0 Å². The van der Waals surface area contributed by atoms with Gasteiger partial charge in [0, 0.05) is 5.56 Å². The fourth-order valence-electron chi connectivity index (χ4n) is 0.890. The lowest BCUT2D eigenvalue weighted by molar-refractivity contribution is 0.111. The van der Waals surface area contributed by atoms with Crippen LogP contribution >= 0.6 is 11.6 Å². The quantitative estimate of drug-likeness (QED) is 0.561. The van der Waals surface area contributed by atoms with Gasteiger partial charge in [0.25, 0.3) is 6.43 Å². The Labute approximate surface area is 78.5 Å². The number of nitrogens with zero attached hydrogens (tertiary/aromatic N) is 1. The zero-order valence-electron chi connectivity index (χ0n) is 6.51. The van der Waals surface area contributed by atoms with Crippen molar-refractivity contribution in [1.82, 2.24) is 4.98 Å². The maximum atomic E-state index is 12.2. The van der Waals surface area contributed by atoms with E-state index in [0.717, 1.165) is 6.07 Å². The van der Waals surface area contributed by atoms with Crippen LogP contribution < -0.4 is 0 Å². The second kappa shape index (κ2) is 4.28. The Balaban J connectivity index is 3.14. The van der Waals surface area contributed by atoms with E-state index in [-0.39, 0.29) is 22.8 Å². The lowest BCUT2D eigenvalue weighted by atomic mass is 10.2. The molecule has 0 bridgehead atoms. The summed E-state index contributed by atoms with van der Waals surface area (Å²) in [4.78, 5) is 14.0. The molecule has 70 valence electrons. The predicted molar refractivity (Wildman–Crippen MR) is 44.1 cm³/mol. The van der Waals surface area contributed by atoms with E-state index in [1.54, 1.807) is 0 Å². The molecule has 0 fully saturated rings. The molecule has 0 atom stereocenters. The van der Waals surface area contributed by atoms with Crippen molar-refractivity contribution >= 4 is 17.9 Å². The third kappa shape index (κ3) is 2.45. The topological polar surface area (TPSA) is 30.0 Å². The van der Waals surface area contributed by atoms with Crippen molar-refractivity contribution in [3.05, 3.63) is 29.1 Å². The van der Waals surface area contributed by atoms with Gasteiger partial charge in [0.05, 0.1) is 11.6 Å². The van der Waals surface area contributed by atoms with Gasteiger partial charge in [0.2, 0.25) is 0 Å². The smallest absolute Gasteiger partial charge is 0.263 e.